The minimum absolute atomic E-state index is 0.205. The summed E-state index contributed by atoms with van der Waals surface area (Å²) in [5.74, 6) is 0. The van der Waals surface area contributed by atoms with Gasteiger partial charge in [-0.2, -0.15) is 0 Å². The Labute approximate surface area is 235 Å². The third-order valence-electron chi connectivity index (χ3n) is 9.19. The van der Waals surface area contributed by atoms with E-state index in [1.54, 1.807) is 0 Å². The van der Waals surface area contributed by atoms with E-state index in [4.69, 9.17) is 8.85 Å². The Morgan fingerprint density at radius 2 is 1.05 bits per heavy atom. The van der Waals surface area contributed by atoms with Gasteiger partial charge in [-0.25, -0.2) is 0 Å². The Bertz CT molecular complexity index is 957. The molecule has 6 heteroatoms. The van der Waals surface area contributed by atoms with E-state index < -0.39 is 23.8 Å². The zero-order valence-electron chi connectivity index (χ0n) is 24.7. The summed E-state index contributed by atoms with van der Waals surface area (Å²) >= 11 is 0. The van der Waals surface area contributed by atoms with Crippen LogP contribution in [0.15, 0.2) is 72.3 Å². The van der Waals surface area contributed by atoms with Crippen LogP contribution in [0.2, 0.25) is 36.3 Å². The molecular weight excluding hydrogens is 519 g/mol. The fraction of sp³-hybridized carbons (Fsp3) is 0.562. The molecular formula is C32H51O3PSi2. The van der Waals surface area contributed by atoms with Crippen molar-refractivity contribution in [1.29, 1.82) is 0 Å². The second-order valence-corrected chi connectivity index (χ2v) is 23.4. The van der Waals surface area contributed by atoms with Gasteiger partial charge in [-0.1, -0.05) is 114 Å². The fourth-order valence-electron chi connectivity index (χ4n) is 6.14. The van der Waals surface area contributed by atoms with Gasteiger partial charge < -0.3 is 13.4 Å². The molecule has 0 amide bonds. The lowest BCUT2D eigenvalue weighted by atomic mass is 9.90. The van der Waals surface area contributed by atoms with Crippen LogP contribution in [0.1, 0.15) is 60.8 Å². The molecule has 0 unspecified atom stereocenters. The van der Waals surface area contributed by atoms with E-state index in [0.29, 0.717) is 6.16 Å². The van der Waals surface area contributed by atoms with Crippen LogP contribution in [0.5, 0.6) is 0 Å². The highest BCUT2D eigenvalue weighted by atomic mass is 31.2. The van der Waals surface area contributed by atoms with Crippen molar-refractivity contribution < 1.29 is 13.4 Å². The van der Waals surface area contributed by atoms with Gasteiger partial charge in [-0.3, -0.25) is 0 Å². The number of rotatable bonds is 14. The Morgan fingerprint density at radius 1 is 0.684 bits per heavy atom. The molecule has 2 atom stereocenters. The highest BCUT2D eigenvalue weighted by Gasteiger charge is 2.39. The normalized spacial score (nSPS) is 18.9. The first-order chi connectivity index (χ1) is 18.3. The number of hydrogen-bond acceptors (Lipinski definition) is 3. The Balaban J connectivity index is 1.94. The summed E-state index contributed by atoms with van der Waals surface area (Å²) < 4.78 is 28.8. The van der Waals surface area contributed by atoms with E-state index in [0.717, 1.165) is 66.1 Å². The molecule has 1 aliphatic carbocycles. The van der Waals surface area contributed by atoms with Crippen LogP contribution < -0.4 is 10.6 Å². The zero-order chi connectivity index (χ0) is 27.7. The standard InChI is InChI=1S/C32H51O3PSi2/c1-7-37(8-2,9-3)34-29-25-28(26-30(27-29)35-38(10-4,11-5)12-6)23-24-36(33,31-19-15-13-16-20-31)32-21-17-14-18-22-32/h13-23,29-30H,7-12,24-27H2,1-6H3/t29-,30-/m1/s1. The molecule has 0 heterocycles. The average Bonchev–Trinajstić information content (AvgIpc) is 2.98. The van der Waals surface area contributed by atoms with Crippen LogP contribution in [-0.2, 0) is 13.4 Å². The van der Waals surface area contributed by atoms with E-state index in [-0.39, 0.29) is 12.2 Å². The van der Waals surface area contributed by atoms with E-state index in [2.05, 4.69) is 47.6 Å². The predicted molar refractivity (Wildman–Crippen MR) is 171 cm³/mol. The number of benzene rings is 2. The first kappa shape index (κ1) is 31.3. The van der Waals surface area contributed by atoms with Crippen molar-refractivity contribution in [2.45, 2.75) is 109 Å². The van der Waals surface area contributed by atoms with Crippen molar-refractivity contribution in [3.05, 3.63) is 72.3 Å². The largest absolute Gasteiger partial charge is 0.414 e. The van der Waals surface area contributed by atoms with Crippen LogP contribution in [0.25, 0.3) is 0 Å². The summed E-state index contributed by atoms with van der Waals surface area (Å²) in [6, 6.07) is 27.1. The molecule has 1 aliphatic rings. The molecule has 3 nitrogen and oxygen atoms in total. The van der Waals surface area contributed by atoms with Crippen molar-refractivity contribution in [3.8, 4) is 0 Å². The molecule has 0 N–H and O–H groups in total. The van der Waals surface area contributed by atoms with Crippen LogP contribution in [0, 0.1) is 0 Å². The molecule has 2 aromatic rings. The average molecular weight is 571 g/mol. The van der Waals surface area contributed by atoms with E-state index in [9.17, 15) is 4.57 Å². The maximum Gasteiger partial charge on any atom is 0.192 e. The van der Waals surface area contributed by atoms with Gasteiger partial charge in [0.2, 0.25) is 0 Å². The molecule has 0 saturated heterocycles. The lowest BCUT2D eigenvalue weighted by molar-refractivity contribution is 0.0758. The summed E-state index contributed by atoms with van der Waals surface area (Å²) in [7, 11) is -6.26. The Hall–Kier alpha value is -1.24. The monoisotopic (exact) mass is 570 g/mol. The maximum absolute atomic E-state index is 14.7. The lowest BCUT2D eigenvalue weighted by Crippen LogP contribution is -2.46. The minimum Gasteiger partial charge on any atom is -0.414 e. The topological polar surface area (TPSA) is 35.5 Å². The quantitative estimate of drug-likeness (QED) is 0.129. The molecule has 0 bridgehead atoms. The van der Waals surface area contributed by atoms with Crippen molar-refractivity contribution >= 4 is 34.4 Å². The molecule has 3 rings (SSSR count). The highest BCUT2D eigenvalue weighted by Crippen LogP contribution is 2.44. The molecule has 0 aliphatic heterocycles. The predicted octanol–water partition coefficient (Wildman–Crippen LogP) is 8.89. The molecule has 0 aromatic heterocycles. The number of hydrogen-bond donors (Lipinski definition) is 0. The SMILES string of the molecule is CC[Si](CC)(CC)O[C@@H]1CC(=CCP(=O)(c2ccccc2)c2ccccc2)C[C@@H](O[Si](CC)(CC)CC)C1. The van der Waals surface area contributed by atoms with Crippen molar-refractivity contribution in [2.24, 2.45) is 0 Å². The first-order valence-electron chi connectivity index (χ1n) is 15.0. The molecule has 38 heavy (non-hydrogen) atoms. The molecule has 1 saturated carbocycles. The maximum atomic E-state index is 14.7. The van der Waals surface area contributed by atoms with Crippen molar-refractivity contribution in [2.75, 3.05) is 6.16 Å². The summed E-state index contributed by atoms with van der Waals surface area (Å²) in [4.78, 5) is 0. The summed E-state index contributed by atoms with van der Waals surface area (Å²) in [6.07, 6.45) is 6.14. The fourth-order valence-corrected chi connectivity index (χ4v) is 14.5. The van der Waals surface area contributed by atoms with Crippen LogP contribution in [0.4, 0.5) is 0 Å². The summed E-state index contributed by atoms with van der Waals surface area (Å²) in [6.45, 7) is 13.9. The van der Waals surface area contributed by atoms with Gasteiger partial charge in [-0.15, -0.1) is 0 Å². The smallest absolute Gasteiger partial charge is 0.192 e. The van der Waals surface area contributed by atoms with Gasteiger partial charge in [0.15, 0.2) is 16.6 Å². The summed E-state index contributed by atoms with van der Waals surface area (Å²) in [5.41, 5.74) is 1.37. The van der Waals surface area contributed by atoms with E-state index >= 15 is 0 Å². The van der Waals surface area contributed by atoms with Crippen molar-refractivity contribution in [1.82, 2.24) is 0 Å². The zero-order valence-corrected chi connectivity index (χ0v) is 27.6. The van der Waals surface area contributed by atoms with Gasteiger partial charge in [0.05, 0.1) is 12.2 Å². The number of allylic oxidation sites excluding steroid dienone is 1. The summed E-state index contributed by atoms with van der Waals surface area (Å²) in [5, 5.41) is 1.87. The molecule has 2 aromatic carbocycles. The van der Waals surface area contributed by atoms with Gasteiger partial charge in [0, 0.05) is 16.8 Å². The van der Waals surface area contributed by atoms with E-state index in [1.165, 1.54) is 5.57 Å². The molecule has 0 spiro atoms. The minimum atomic E-state index is -2.79. The van der Waals surface area contributed by atoms with Gasteiger partial charge in [0.1, 0.15) is 7.14 Å². The van der Waals surface area contributed by atoms with Crippen LogP contribution in [0.3, 0.4) is 0 Å². The second-order valence-electron chi connectivity index (χ2n) is 11.1. The highest BCUT2D eigenvalue weighted by molar-refractivity contribution is 7.78. The lowest BCUT2D eigenvalue weighted by Gasteiger charge is -2.41. The van der Waals surface area contributed by atoms with Gasteiger partial charge in [0.25, 0.3) is 0 Å². The van der Waals surface area contributed by atoms with E-state index in [1.807, 2.05) is 60.7 Å². The Kier molecular flexibility index (Phi) is 11.9. The van der Waals surface area contributed by atoms with Crippen LogP contribution in [-0.4, -0.2) is 35.0 Å². The van der Waals surface area contributed by atoms with Gasteiger partial charge >= 0.3 is 0 Å². The van der Waals surface area contributed by atoms with Gasteiger partial charge in [-0.05, 0) is 55.5 Å². The molecule has 1 fully saturated rings. The first-order valence-corrected chi connectivity index (χ1v) is 22.0. The third kappa shape index (κ3) is 7.49. The Morgan fingerprint density at radius 3 is 1.39 bits per heavy atom. The van der Waals surface area contributed by atoms with Crippen LogP contribution >= 0.6 is 7.14 Å². The molecule has 210 valence electrons. The molecule has 0 radical (unpaired) electrons. The third-order valence-corrected chi connectivity index (χ3v) is 21.5. The van der Waals surface area contributed by atoms with Crippen molar-refractivity contribution in [3.63, 3.8) is 0 Å². The second kappa shape index (κ2) is 14.4.